The molecule has 0 spiro atoms. The molecular weight excluding hydrogens is 453 g/mol. The summed E-state index contributed by atoms with van der Waals surface area (Å²) in [5.41, 5.74) is 0.884. The summed E-state index contributed by atoms with van der Waals surface area (Å²) in [4.78, 5) is 25.9. The first kappa shape index (κ1) is 22.4. The second-order valence-corrected chi connectivity index (χ2v) is 9.06. The van der Waals surface area contributed by atoms with Crippen LogP contribution in [0, 0.1) is 0 Å². The number of amides is 2. The number of nitrogens with zero attached hydrogens (tertiary/aromatic N) is 2. The summed E-state index contributed by atoms with van der Waals surface area (Å²) >= 11 is 11.7. The predicted octanol–water partition coefficient (Wildman–Crippen LogP) is 2.92. The van der Waals surface area contributed by atoms with Gasteiger partial charge in [0.2, 0.25) is 0 Å². The van der Waals surface area contributed by atoms with Gasteiger partial charge in [-0.1, -0.05) is 53.5 Å². The Kier molecular flexibility index (Phi) is 7.19. The number of ether oxygens (including phenoxy) is 1. The van der Waals surface area contributed by atoms with E-state index in [2.05, 4.69) is 0 Å². The molecule has 160 valence electrons. The fourth-order valence-electron chi connectivity index (χ4n) is 2.85. The molecule has 1 aliphatic heterocycles. The molecule has 1 saturated heterocycles. The minimum Gasteiger partial charge on any atom is -0.445 e. The Balaban J connectivity index is 1.53. The van der Waals surface area contributed by atoms with Crippen LogP contribution in [-0.2, 0) is 21.6 Å². The molecule has 0 saturated carbocycles. The van der Waals surface area contributed by atoms with E-state index < -0.39 is 22.2 Å². The summed E-state index contributed by atoms with van der Waals surface area (Å²) in [5.74, 6) is -0.843. The molecule has 0 aromatic heterocycles. The molecule has 0 atom stereocenters. The maximum absolute atomic E-state index is 12.5. The lowest BCUT2D eigenvalue weighted by atomic mass is 10.2. The van der Waals surface area contributed by atoms with E-state index in [0.29, 0.717) is 0 Å². The van der Waals surface area contributed by atoms with Gasteiger partial charge >= 0.3 is 16.3 Å². The normalized spacial score (nSPS) is 14.9. The lowest BCUT2D eigenvalue weighted by molar-refractivity contribution is 0.0831. The van der Waals surface area contributed by atoms with Gasteiger partial charge in [0.1, 0.15) is 6.61 Å². The first-order valence-electron chi connectivity index (χ1n) is 8.98. The van der Waals surface area contributed by atoms with Gasteiger partial charge in [-0.2, -0.15) is 12.7 Å². The number of halogens is 2. The molecule has 3 rings (SSSR count). The number of piperazine rings is 1. The zero-order valence-corrected chi connectivity index (χ0v) is 18.1. The summed E-state index contributed by atoms with van der Waals surface area (Å²) in [6.07, 6.45) is -0.520. The standard InChI is InChI=1S/C19H19Cl2N3O5S/c20-16-10-15(11-17(21)12-16)18(25)22-30(27,28)24-8-6-23(7-9-24)19(26)29-13-14-4-2-1-3-5-14/h1-5,10-12H,6-9,13H2,(H,22,25). The summed E-state index contributed by atoms with van der Waals surface area (Å²) in [6, 6.07) is 13.3. The maximum atomic E-state index is 12.5. The Morgan fingerprint density at radius 1 is 0.967 bits per heavy atom. The molecule has 2 aromatic carbocycles. The molecule has 1 fully saturated rings. The number of rotatable bonds is 5. The third-order valence-electron chi connectivity index (χ3n) is 4.39. The van der Waals surface area contributed by atoms with Crippen LogP contribution in [0.5, 0.6) is 0 Å². The summed E-state index contributed by atoms with van der Waals surface area (Å²) < 4.78 is 33.4. The quantitative estimate of drug-likeness (QED) is 0.722. The second-order valence-electron chi connectivity index (χ2n) is 6.52. The van der Waals surface area contributed by atoms with Crippen LogP contribution in [0.1, 0.15) is 15.9 Å². The van der Waals surface area contributed by atoms with E-state index in [0.717, 1.165) is 9.87 Å². The van der Waals surface area contributed by atoms with Gasteiger partial charge < -0.3 is 9.64 Å². The molecule has 2 aromatic rings. The Bertz CT molecular complexity index is 1010. The molecule has 0 radical (unpaired) electrons. The van der Waals surface area contributed by atoms with Gasteiger partial charge in [0, 0.05) is 41.8 Å². The van der Waals surface area contributed by atoms with Gasteiger partial charge in [-0.05, 0) is 23.8 Å². The van der Waals surface area contributed by atoms with E-state index in [4.69, 9.17) is 27.9 Å². The monoisotopic (exact) mass is 471 g/mol. The molecule has 1 heterocycles. The van der Waals surface area contributed by atoms with Crippen LogP contribution >= 0.6 is 23.2 Å². The number of hydrogen-bond donors (Lipinski definition) is 1. The summed E-state index contributed by atoms with van der Waals surface area (Å²) in [6.45, 7) is 0.479. The molecule has 0 bridgehead atoms. The van der Waals surface area contributed by atoms with E-state index in [9.17, 15) is 18.0 Å². The molecule has 2 amide bonds. The zero-order chi connectivity index (χ0) is 21.7. The Labute approximate surface area is 184 Å². The molecule has 0 aliphatic carbocycles. The van der Waals surface area contributed by atoms with Crippen molar-refractivity contribution in [1.82, 2.24) is 13.9 Å². The highest BCUT2D eigenvalue weighted by Crippen LogP contribution is 2.19. The Morgan fingerprint density at radius 2 is 1.57 bits per heavy atom. The fraction of sp³-hybridized carbons (Fsp3) is 0.263. The van der Waals surface area contributed by atoms with Crippen molar-refractivity contribution in [1.29, 1.82) is 0 Å². The molecule has 8 nitrogen and oxygen atoms in total. The third kappa shape index (κ3) is 5.85. The molecule has 30 heavy (non-hydrogen) atoms. The lowest BCUT2D eigenvalue weighted by Crippen LogP contribution is -2.54. The molecule has 11 heteroatoms. The number of benzene rings is 2. The van der Waals surface area contributed by atoms with Gasteiger partial charge in [0.15, 0.2) is 0 Å². The highest BCUT2D eigenvalue weighted by Gasteiger charge is 2.31. The summed E-state index contributed by atoms with van der Waals surface area (Å²) in [5, 5.41) is 0.431. The van der Waals surface area contributed by atoms with Gasteiger partial charge in [0.05, 0.1) is 0 Å². The summed E-state index contributed by atoms with van der Waals surface area (Å²) in [7, 11) is -4.09. The smallest absolute Gasteiger partial charge is 0.410 e. The first-order chi connectivity index (χ1) is 14.2. The van der Waals surface area contributed by atoms with Crippen LogP contribution in [0.15, 0.2) is 48.5 Å². The number of nitrogens with one attached hydrogen (secondary N) is 1. The first-order valence-corrected chi connectivity index (χ1v) is 11.2. The highest BCUT2D eigenvalue weighted by molar-refractivity contribution is 7.87. The van der Waals surface area contributed by atoms with Crippen molar-refractivity contribution in [3.8, 4) is 0 Å². The number of carbonyl (C=O) groups is 2. The van der Waals surface area contributed by atoms with Crippen LogP contribution in [0.2, 0.25) is 10.0 Å². The predicted molar refractivity (Wildman–Crippen MR) is 113 cm³/mol. The van der Waals surface area contributed by atoms with Gasteiger partial charge in [-0.15, -0.1) is 0 Å². The van der Waals surface area contributed by atoms with Crippen molar-refractivity contribution in [3.05, 3.63) is 69.7 Å². The largest absolute Gasteiger partial charge is 0.445 e. The molecule has 0 unspecified atom stereocenters. The average molecular weight is 472 g/mol. The molecule has 1 N–H and O–H groups in total. The maximum Gasteiger partial charge on any atom is 0.410 e. The van der Waals surface area contributed by atoms with Crippen LogP contribution in [0.4, 0.5) is 4.79 Å². The van der Waals surface area contributed by atoms with E-state index in [1.54, 1.807) is 0 Å². The van der Waals surface area contributed by atoms with Crippen LogP contribution in [0.3, 0.4) is 0 Å². The highest BCUT2D eigenvalue weighted by atomic mass is 35.5. The number of hydrogen-bond acceptors (Lipinski definition) is 5. The Morgan fingerprint density at radius 3 is 2.17 bits per heavy atom. The van der Waals surface area contributed by atoms with E-state index in [1.807, 2.05) is 35.1 Å². The van der Waals surface area contributed by atoms with Gasteiger partial charge in [0.25, 0.3) is 5.91 Å². The fourth-order valence-corrected chi connectivity index (χ4v) is 4.50. The van der Waals surface area contributed by atoms with Crippen LogP contribution < -0.4 is 4.72 Å². The SMILES string of the molecule is O=C(NS(=O)(=O)N1CCN(C(=O)OCc2ccccc2)CC1)c1cc(Cl)cc(Cl)c1. The van der Waals surface area contributed by atoms with Crippen molar-refractivity contribution in [2.24, 2.45) is 0 Å². The van der Waals surface area contributed by atoms with Crippen molar-refractivity contribution < 1.29 is 22.7 Å². The van der Waals surface area contributed by atoms with Crippen molar-refractivity contribution in [3.63, 3.8) is 0 Å². The number of carbonyl (C=O) groups excluding carboxylic acids is 2. The van der Waals surface area contributed by atoms with Crippen LogP contribution in [0.25, 0.3) is 0 Å². The zero-order valence-electron chi connectivity index (χ0n) is 15.8. The topological polar surface area (TPSA) is 96.0 Å². The molecular formula is C19H19Cl2N3O5S. The average Bonchev–Trinajstić information content (AvgIpc) is 2.72. The Hall–Kier alpha value is -2.33. The van der Waals surface area contributed by atoms with E-state index >= 15 is 0 Å². The lowest BCUT2D eigenvalue weighted by Gasteiger charge is -2.33. The van der Waals surface area contributed by atoms with Gasteiger partial charge in [-0.3, -0.25) is 4.79 Å². The minimum absolute atomic E-state index is 0.0270. The second kappa shape index (κ2) is 9.65. The third-order valence-corrected chi connectivity index (χ3v) is 6.31. The van der Waals surface area contributed by atoms with Crippen molar-refractivity contribution in [2.45, 2.75) is 6.61 Å². The minimum atomic E-state index is -4.09. The van der Waals surface area contributed by atoms with Gasteiger partial charge in [-0.25, -0.2) is 9.52 Å². The van der Waals surface area contributed by atoms with Crippen molar-refractivity contribution in [2.75, 3.05) is 26.2 Å². The molecule has 1 aliphatic rings. The van der Waals surface area contributed by atoms with E-state index in [1.165, 1.54) is 23.1 Å². The van der Waals surface area contributed by atoms with Crippen LogP contribution in [-0.4, -0.2) is 55.8 Å². The van der Waals surface area contributed by atoms with E-state index in [-0.39, 0.29) is 48.4 Å². The van der Waals surface area contributed by atoms with Crippen molar-refractivity contribution >= 4 is 45.4 Å².